The third-order valence-corrected chi connectivity index (χ3v) is 5.75. The molecule has 2 amide bonds. The molecule has 2 saturated heterocycles. The molecule has 3 heterocycles. The first kappa shape index (κ1) is 15.7. The highest BCUT2D eigenvalue weighted by atomic mass is 16.2. The third kappa shape index (κ3) is 2.95. The Kier molecular flexibility index (Phi) is 4.31. The Hall–Kier alpha value is -1.82. The molecule has 3 fully saturated rings. The second-order valence-corrected chi connectivity index (χ2v) is 7.27. The summed E-state index contributed by atoms with van der Waals surface area (Å²) < 4.78 is 1.62. The number of rotatable bonds is 2. The van der Waals surface area contributed by atoms with Crippen molar-refractivity contribution in [1.82, 2.24) is 19.3 Å². The number of likely N-dealkylation sites (tertiary alicyclic amines) is 1. The first-order chi connectivity index (χ1) is 11.7. The van der Waals surface area contributed by atoms with Crippen LogP contribution >= 0.6 is 0 Å². The summed E-state index contributed by atoms with van der Waals surface area (Å²) in [5.74, 6) is 0.0378. The summed E-state index contributed by atoms with van der Waals surface area (Å²) in [5, 5.41) is 0. The minimum atomic E-state index is -0.0557. The number of carbonyl (C=O) groups is 2. The van der Waals surface area contributed by atoms with Crippen molar-refractivity contribution in [2.24, 2.45) is 5.92 Å². The van der Waals surface area contributed by atoms with Crippen molar-refractivity contribution in [2.75, 3.05) is 39.3 Å². The van der Waals surface area contributed by atoms with Crippen LogP contribution in [-0.2, 0) is 0 Å². The molecule has 1 aromatic heterocycles. The molecule has 0 atom stereocenters. The monoisotopic (exact) mass is 330 g/mol. The minimum Gasteiger partial charge on any atom is -0.323 e. The molecule has 130 valence electrons. The van der Waals surface area contributed by atoms with Gasteiger partial charge in [0.15, 0.2) is 0 Å². The second kappa shape index (κ2) is 6.59. The van der Waals surface area contributed by atoms with E-state index >= 15 is 0 Å². The number of amides is 2. The van der Waals surface area contributed by atoms with Crippen LogP contribution in [0.25, 0.3) is 0 Å². The van der Waals surface area contributed by atoms with Gasteiger partial charge in [0.25, 0.3) is 0 Å². The summed E-state index contributed by atoms with van der Waals surface area (Å²) in [6, 6.07) is 4.57. The van der Waals surface area contributed by atoms with Crippen LogP contribution in [0.2, 0.25) is 0 Å². The Bertz CT molecular complexity index is 590. The van der Waals surface area contributed by atoms with Gasteiger partial charge < -0.3 is 9.80 Å². The first-order valence-corrected chi connectivity index (χ1v) is 9.17. The van der Waals surface area contributed by atoms with Crippen LogP contribution in [-0.4, -0.2) is 76.5 Å². The summed E-state index contributed by atoms with van der Waals surface area (Å²) in [5.41, 5.74) is 0. The molecular formula is C18H26N4O2. The van der Waals surface area contributed by atoms with Gasteiger partial charge in [-0.3, -0.25) is 14.3 Å². The van der Waals surface area contributed by atoms with Gasteiger partial charge in [0.05, 0.1) is 5.92 Å². The van der Waals surface area contributed by atoms with Crippen LogP contribution in [0.5, 0.6) is 0 Å². The molecule has 1 aromatic rings. The van der Waals surface area contributed by atoms with Gasteiger partial charge in [-0.25, -0.2) is 4.79 Å². The SMILES string of the molecule is O=C(N1CCCN(C2CCC2)CC1)N1CC(C(=O)n2cccc2)C1. The van der Waals surface area contributed by atoms with Crippen LogP contribution in [0, 0.1) is 5.92 Å². The highest BCUT2D eigenvalue weighted by Gasteiger charge is 2.38. The average molecular weight is 330 g/mol. The van der Waals surface area contributed by atoms with E-state index < -0.39 is 0 Å². The van der Waals surface area contributed by atoms with Gasteiger partial charge in [-0.1, -0.05) is 6.42 Å². The Balaban J connectivity index is 1.27. The number of nitrogens with zero attached hydrogens (tertiary/aromatic N) is 4. The molecule has 2 aliphatic heterocycles. The fraction of sp³-hybridized carbons (Fsp3) is 0.667. The summed E-state index contributed by atoms with van der Waals surface area (Å²) in [4.78, 5) is 31.3. The summed E-state index contributed by atoms with van der Waals surface area (Å²) in [6.45, 7) is 4.88. The molecule has 0 unspecified atom stereocenters. The van der Waals surface area contributed by atoms with Crippen molar-refractivity contribution in [1.29, 1.82) is 0 Å². The van der Waals surface area contributed by atoms with E-state index in [0.29, 0.717) is 13.1 Å². The van der Waals surface area contributed by atoms with E-state index in [1.54, 1.807) is 17.0 Å². The van der Waals surface area contributed by atoms with E-state index in [1.807, 2.05) is 21.9 Å². The fourth-order valence-corrected chi connectivity index (χ4v) is 3.93. The van der Waals surface area contributed by atoms with Crippen molar-refractivity contribution in [2.45, 2.75) is 31.7 Å². The van der Waals surface area contributed by atoms with Crippen molar-refractivity contribution in [3.05, 3.63) is 24.5 Å². The van der Waals surface area contributed by atoms with E-state index in [4.69, 9.17) is 0 Å². The Labute approximate surface area is 143 Å². The topological polar surface area (TPSA) is 48.8 Å². The quantitative estimate of drug-likeness (QED) is 0.830. The van der Waals surface area contributed by atoms with Crippen LogP contribution in [0.3, 0.4) is 0 Å². The summed E-state index contributed by atoms with van der Waals surface area (Å²) in [6.07, 6.45) is 8.61. The van der Waals surface area contributed by atoms with Gasteiger partial charge >= 0.3 is 6.03 Å². The second-order valence-electron chi connectivity index (χ2n) is 7.27. The largest absolute Gasteiger partial charge is 0.323 e. The molecule has 0 spiro atoms. The molecule has 1 saturated carbocycles. The van der Waals surface area contributed by atoms with Gasteiger partial charge in [0, 0.05) is 57.7 Å². The zero-order valence-corrected chi connectivity index (χ0v) is 14.1. The molecule has 0 aromatic carbocycles. The van der Waals surface area contributed by atoms with Crippen LogP contribution < -0.4 is 0 Å². The number of hydrogen-bond acceptors (Lipinski definition) is 3. The molecule has 0 bridgehead atoms. The lowest BCUT2D eigenvalue weighted by atomic mass is 9.91. The van der Waals surface area contributed by atoms with Crippen molar-refractivity contribution >= 4 is 11.9 Å². The molecule has 6 heteroatoms. The van der Waals surface area contributed by atoms with E-state index in [9.17, 15) is 9.59 Å². The first-order valence-electron chi connectivity index (χ1n) is 9.17. The average Bonchev–Trinajstić information content (AvgIpc) is 2.91. The van der Waals surface area contributed by atoms with Crippen LogP contribution in [0.1, 0.15) is 30.5 Å². The lowest BCUT2D eigenvalue weighted by molar-refractivity contribution is 0.0564. The van der Waals surface area contributed by atoms with Crippen LogP contribution in [0.15, 0.2) is 24.5 Å². The maximum Gasteiger partial charge on any atom is 0.320 e. The number of aromatic nitrogens is 1. The lowest BCUT2D eigenvalue weighted by Gasteiger charge is -2.41. The maximum absolute atomic E-state index is 12.7. The van der Waals surface area contributed by atoms with Crippen molar-refractivity contribution < 1.29 is 9.59 Å². The minimum absolute atomic E-state index is 0.0557. The molecule has 6 nitrogen and oxygen atoms in total. The van der Waals surface area contributed by atoms with Gasteiger partial charge in [0.1, 0.15) is 0 Å². The highest BCUT2D eigenvalue weighted by Crippen LogP contribution is 2.26. The van der Waals surface area contributed by atoms with Crippen molar-refractivity contribution in [3.63, 3.8) is 0 Å². The smallest absolute Gasteiger partial charge is 0.320 e. The normalized spacial score (nSPS) is 23.5. The Morgan fingerprint density at radius 3 is 2.25 bits per heavy atom. The number of urea groups is 1. The zero-order chi connectivity index (χ0) is 16.5. The molecule has 0 radical (unpaired) electrons. The van der Waals surface area contributed by atoms with E-state index in [-0.39, 0.29) is 17.9 Å². The molecule has 3 aliphatic rings. The third-order valence-electron chi connectivity index (χ3n) is 5.75. The summed E-state index contributed by atoms with van der Waals surface area (Å²) >= 11 is 0. The van der Waals surface area contributed by atoms with Crippen LogP contribution in [0.4, 0.5) is 4.79 Å². The predicted octanol–water partition coefficient (Wildman–Crippen LogP) is 1.74. The molecule has 0 N–H and O–H groups in total. The molecular weight excluding hydrogens is 304 g/mol. The lowest BCUT2D eigenvalue weighted by Crippen LogP contribution is -2.58. The zero-order valence-electron chi connectivity index (χ0n) is 14.1. The maximum atomic E-state index is 12.7. The number of carbonyl (C=O) groups excluding carboxylic acids is 2. The van der Waals surface area contributed by atoms with Gasteiger partial charge in [-0.2, -0.15) is 0 Å². The molecule has 4 rings (SSSR count). The number of hydrogen-bond donors (Lipinski definition) is 0. The van der Waals surface area contributed by atoms with Crippen molar-refractivity contribution in [3.8, 4) is 0 Å². The Morgan fingerprint density at radius 1 is 0.833 bits per heavy atom. The van der Waals surface area contributed by atoms with Gasteiger partial charge in [0.2, 0.25) is 5.91 Å². The van der Waals surface area contributed by atoms with E-state index in [2.05, 4.69) is 4.90 Å². The highest BCUT2D eigenvalue weighted by molar-refractivity contribution is 5.85. The summed E-state index contributed by atoms with van der Waals surface area (Å²) in [7, 11) is 0. The van der Waals surface area contributed by atoms with Gasteiger partial charge in [-0.05, 0) is 31.4 Å². The van der Waals surface area contributed by atoms with E-state index in [1.165, 1.54) is 19.3 Å². The fourth-order valence-electron chi connectivity index (χ4n) is 3.93. The molecule has 24 heavy (non-hydrogen) atoms. The Morgan fingerprint density at radius 2 is 1.58 bits per heavy atom. The molecule has 1 aliphatic carbocycles. The van der Waals surface area contributed by atoms with Gasteiger partial charge in [-0.15, -0.1) is 0 Å². The standard InChI is InChI=1S/C18H26N4O2/c23-17(20-7-1-2-8-20)15-13-22(14-15)18(24)21-10-4-9-19(11-12-21)16-5-3-6-16/h1-2,7-8,15-16H,3-6,9-14H2. The predicted molar refractivity (Wildman–Crippen MR) is 90.9 cm³/mol. The van der Waals surface area contributed by atoms with E-state index in [0.717, 1.165) is 38.6 Å².